The van der Waals surface area contributed by atoms with Gasteiger partial charge >= 0.3 is 18.2 Å². The number of hydrogen-bond acceptors (Lipinski definition) is 6. The number of aliphatic hydroxyl groups is 1. The lowest BCUT2D eigenvalue weighted by molar-refractivity contribution is -0.274. The first-order chi connectivity index (χ1) is 17.7. The minimum atomic E-state index is -4.81. The first kappa shape index (κ1) is 27.3. The summed E-state index contributed by atoms with van der Waals surface area (Å²) >= 11 is 1.01. The average molecular weight is 560 g/mol. The van der Waals surface area contributed by atoms with Gasteiger partial charge in [0.1, 0.15) is 22.1 Å². The molecule has 2 aromatic carbocycles. The van der Waals surface area contributed by atoms with Gasteiger partial charge in [-0.25, -0.2) is 4.79 Å². The highest BCUT2D eigenvalue weighted by Gasteiger charge is 2.32. The van der Waals surface area contributed by atoms with Gasteiger partial charge in [-0.15, -0.1) is 24.5 Å². The number of ether oxygens (including phenoxy) is 2. The fourth-order valence-electron chi connectivity index (χ4n) is 3.78. The zero-order valence-electron chi connectivity index (χ0n) is 19.3. The zero-order valence-corrected chi connectivity index (χ0v) is 20.1. The number of halogens is 6. The Morgan fingerprint density at radius 1 is 0.947 bits per heavy atom. The van der Waals surface area contributed by atoms with Crippen molar-refractivity contribution < 1.29 is 40.9 Å². The van der Waals surface area contributed by atoms with Crippen LogP contribution in [0.25, 0.3) is 20.7 Å². The largest absolute Gasteiger partial charge is 0.573 e. The highest BCUT2D eigenvalue weighted by atomic mass is 32.1. The van der Waals surface area contributed by atoms with Gasteiger partial charge in [-0.1, -0.05) is 0 Å². The Bertz CT molecular complexity index is 1550. The first-order valence-electron chi connectivity index (χ1n) is 10.9. The third-order valence-electron chi connectivity index (χ3n) is 5.34. The van der Waals surface area contributed by atoms with E-state index < -0.39 is 48.6 Å². The molecule has 0 amide bonds. The van der Waals surface area contributed by atoms with E-state index in [0.29, 0.717) is 21.8 Å². The molecule has 0 fully saturated rings. The van der Waals surface area contributed by atoms with Crippen LogP contribution in [0.15, 0.2) is 58.1 Å². The molecule has 2 N–H and O–H groups in total. The van der Waals surface area contributed by atoms with E-state index in [-0.39, 0.29) is 16.0 Å². The molecule has 1 unspecified atom stereocenters. The number of nitrogens with one attached hydrogen (secondary N) is 1. The standard InChI is InChI=1S/C24H18F6N2O5S/c1-12-18-20(34)31-22(35)32(11-14(33)10-23(25,26)27)21(18)38-19(12)13-2-4-15(5-3-13)36-16-6-8-17(9-7-16)37-24(28,29)30/h2-9,14,33H,10-11H2,1H3,(H,31,34,35). The van der Waals surface area contributed by atoms with Crippen molar-refractivity contribution in [1.29, 1.82) is 0 Å². The summed E-state index contributed by atoms with van der Waals surface area (Å²) in [5, 5.41) is 9.98. The third kappa shape index (κ3) is 6.37. The van der Waals surface area contributed by atoms with E-state index in [0.717, 1.165) is 28.0 Å². The molecule has 0 spiro atoms. The van der Waals surface area contributed by atoms with Crippen molar-refractivity contribution in [3.63, 3.8) is 0 Å². The average Bonchev–Trinajstić information content (AvgIpc) is 3.14. The van der Waals surface area contributed by atoms with Crippen molar-refractivity contribution in [1.82, 2.24) is 9.55 Å². The van der Waals surface area contributed by atoms with E-state index in [9.17, 15) is 41.0 Å². The van der Waals surface area contributed by atoms with Crippen molar-refractivity contribution in [3.05, 3.63) is 74.9 Å². The smallest absolute Gasteiger partial charge is 0.457 e. The van der Waals surface area contributed by atoms with Gasteiger partial charge in [-0.05, 0) is 66.6 Å². The molecular weight excluding hydrogens is 542 g/mol. The van der Waals surface area contributed by atoms with E-state index in [1.807, 2.05) is 0 Å². The molecule has 0 aliphatic heterocycles. The Balaban J connectivity index is 1.60. The monoisotopic (exact) mass is 560 g/mol. The summed E-state index contributed by atoms with van der Waals surface area (Å²) in [6.07, 6.45) is -12.9. The van der Waals surface area contributed by atoms with Gasteiger partial charge in [-0.2, -0.15) is 13.2 Å². The Morgan fingerprint density at radius 2 is 1.50 bits per heavy atom. The molecule has 0 radical (unpaired) electrons. The van der Waals surface area contributed by atoms with Crippen molar-refractivity contribution in [2.24, 2.45) is 0 Å². The number of aryl methyl sites for hydroxylation is 1. The Kier molecular flexibility index (Phi) is 7.30. The lowest BCUT2D eigenvalue weighted by Crippen LogP contribution is -2.34. The molecule has 0 aliphatic carbocycles. The number of benzene rings is 2. The molecule has 2 aromatic heterocycles. The number of alkyl halides is 6. The predicted octanol–water partition coefficient (Wildman–Crippen LogP) is 5.73. The van der Waals surface area contributed by atoms with Crippen molar-refractivity contribution in [2.75, 3.05) is 0 Å². The van der Waals surface area contributed by atoms with Crippen molar-refractivity contribution in [2.45, 2.75) is 38.5 Å². The molecule has 7 nitrogen and oxygen atoms in total. The molecule has 4 rings (SSSR count). The van der Waals surface area contributed by atoms with Crippen molar-refractivity contribution >= 4 is 21.6 Å². The lowest BCUT2D eigenvalue weighted by Gasteiger charge is -2.14. The summed E-state index contributed by atoms with van der Waals surface area (Å²) in [7, 11) is 0. The van der Waals surface area contributed by atoms with Gasteiger partial charge < -0.3 is 14.6 Å². The predicted molar refractivity (Wildman–Crippen MR) is 127 cm³/mol. The van der Waals surface area contributed by atoms with E-state index >= 15 is 0 Å². The van der Waals surface area contributed by atoms with Crippen LogP contribution in [-0.4, -0.2) is 33.3 Å². The molecular formula is C24H18F6N2O5S. The summed E-state index contributed by atoms with van der Waals surface area (Å²) in [6.45, 7) is 0.962. The maximum absolute atomic E-state index is 12.7. The van der Waals surface area contributed by atoms with E-state index in [1.165, 1.54) is 12.1 Å². The quantitative estimate of drug-likeness (QED) is 0.282. The normalized spacial score (nSPS) is 13.1. The van der Waals surface area contributed by atoms with Gasteiger partial charge in [0.05, 0.1) is 24.5 Å². The summed E-state index contributed by atoms with van der Waals surface area (Å²) in [6, 6.07) is 11.2. The van der Waals surface area contributed by atoms with Crippen LogP contribution in [0.4, 0.5) is 26.3 Å². The number of aromatic amines is 1. The zero-order chi connectivity index (χ0) is 27.8. The third-order valence-corrected chi connectivity index (χ3v) is 6.70. The van der Waals surface area contributed by atoms with Gasteiger partial charge in [0.25, 0.3) is 5.56 Å². The molecule has 4 aromatic rings. The second kappa shape index (κ2) is 10.2. The summed E-state index contributed by atoms with van der Waals surface area (Å²) in [5.41, 5.74) is -0.546. The van der Waals surface area contributed by atoms with Crippen LogP contribution in [0.2, 0.25) is 0 Å². The number of H-pyrrole nitrogens is 1. The number of rotatable bonds is 7. The maximum Gasteiger partial charge on any atom is 0.573 e. The van der Waals surface area contributed by atoms with Crippen LogP contribution in [0, 0.1) is 6.92 Å². The molecule has 14 heteroatoms. The molecule has 0 saturated carbocycles. The highest BCUT2D eigenvalue weighted by molar-refractivity contribution is 7.22. The van der Waals surface area contributed by atoms with Crippen LogP contribution in [0.1, 0.15) is 12.0 Å². The van der Waals surface area contributed by atoms with Crippen LogP contribution in [-0.2, 0) is 6.54 Å². The molecule has 0 saturated heterocycles. The Labute approximate surface area is 213 Å². The van der Waals surface area contributed by atoms with Crippen LogP contribution < -0.4 is 20.7 Å². The van der Waals surface area contributed by atoms with Gasteiger partial charge in [-0.3, -0.25) is 14.3 Å². The number of hydrogen-bond donors (Lipinski definition) is 2. The SMILES string of the molecule is Cc1c(-c2ccc(Oc3ccc(OC(F)(F)F)cc3)cc2)sc2c1c(=O)[nH]c(=O)n2CC(O)CC(F)(F)F. The summed E-state index contributed by atoms with van der Waals surface area (Å²) < 4.78 is 85.2. The fraction of sp³-hybridized carbons (Fsp3) is 0.250. The second-order valence-electron chi connectivity index (χ2n) is 8.22. The van der Waals surface area contributed by atoms with E-state index in [4.69, 9.17) is 4.74 Å². The number of thiophene rings is 1. The topological polar surface area (TPSA) is 93.5 Å². The van der Waals surface area contributed by atoms with Gasteiger partial charge in [0.15, 0.2) is 0 Å². The second-order valence-corrected chi connectivity index (χ2v) is 9.22. The molecule has 0 aliphatic rings. The number of aromatic nitrogens is 2. The Morgan fingerprint density at radius 3 is 2.05 bits per heavy atom. The van der Waals surface area contributed by atoms with Gasteiger partial charge in [0, 0.05) is 4.88 Å². The molecule has 38 heavy (non-hydrogen) atoms. The molecule has 202 valence electrons. The lowest BCUT2D eigenvalue weighted by atomic mass is 10.1. The van der Waals surface area contributed by atoms with Crippen molar-refractivity contribution in [3.8, 4) is 27.7 Å². The van der Waals surface area contributed by atoms with E-state index in [2.05, 4.69) is 9.72 Å². The minimum absolute atomic E-state index is 0.116. The highest BCUT2D eigenvalue weighted by Crippen LogP contribution is 2.37. The van der Waals surface area contributed by atoms with Gasteiger partial charge in [0.2, 0.25) is 0 Å². The molecule has 0 bridgehead atoms. The molecule has 1 atom stereocenters. The van der Waals surface area contributed by atoms with Crippen LogP contribution >= 0.6 is 11.3 Å². The van der Waals surface area contributed by atoms with Crippen LogP contribution in [0.3, 0.4) is 0 Å². The maximum atomic E-state index is 12.7. The number of aliphatic hydroxyl groups excluding tert-OH is 1. The molecule has 2 heterocycles. The summed E-state index contributed by atoms with van der Waals surface area (Å²) in [4.78, 5) is 27.6. The van der Waals surface area contributed by atoms with E-state index in [1.54, 1.807) is 31.2 Å². The van der Waals surface area contributed by atoms with Crippen LogP contribution in [0.5, 0.6) is 17.2 Å². The number of nitrogens with zero attached hydrogens (tertiary/aromatic N) is 1. The fourth-order valence-corrected chi connectivity index (χ4v) is 5.10. The number of fused-ring (bicyclic) bond motifs is 1. The minimum Gasteiger partial charge on any atom is -0.457 e. The Hall–Kier alpha value is -3.78. The summed E-state index contributed by atoms with van der Waals surface area (Å²) in [5.74, 6) is 0.195. The first-order valence-corrected chi connectivity index (χ1v) is 11.7.